The Hall–Kier alpha value is -2.42. The number of aromatic hydroxyl groups is 1. The molecule has 0 aliphatic carbocycles. The Bertz CT molecular complexity index is 779. The average molecular weight is 309 g/mol. The van der Waals surface area contributed by atoms with E-state index >= 15 is 0 Å². The van der Waals surface area contributed by atoms with Crippen molar-refractivity contribution in [2.45, 2.75) is 26.8 Å². The van der Waals surface area contributed by atoms with Gasteiger partial charge in [0, 0.05) is 18.3 Å². The van der Waals surface area contributed by atoms with Crippen LogP contribution in [-0.2, 0) is 0 Å². The van der Waals surface area contributed by atoms with Crippen molar-refractivity contribution in [1.29, 1.82) is 0 Å². The van der Waals surface area contributed by atoms with Crippen LogP contribution in [0.15, 0.2) is 42.5 Å². The molecule has 1 aliphatic heterocycles. The van der Waals surface area contributed by atoms with Crippen LogP contribution in [0.3, 0.4) is 0 Å². The maximum atomic E-state index is 10.0. The Morgan fingerprint density at radius 1 is 1.13 bits per heavy atom. The fraction of sp³-hybridized carbons (Fsp3) is 0.300. The lowest BCUT2D eigenvalue weighted by molar-refractivity contribution is 0.411. The molecule has 0 saturated carbocycles. The molecule has 3 nitrogen and oxygen atoms in total. The molecule has 3 rings (SSSR count). The predicted octanol–water partition coefficient (Wildman–Crippen LogP) is 4.44. The van der Waals surface area contributed by atoms with E-state index in [0.29, 0.717) is 5.75 Å². The molecular formula is C20H23NO2. The topological polar surface area (TPSA) is 32.7 Å². The Kier molecular flexibility index (Phi) is 3.80. The Balaban J connectivity index is 1.99. The number of nitrogens with zero attached hydrogens (tertiary/aromatic N) is 1. The zero-order chi connectivity index (χ0) is 16.7. The van der Waals surface area contributed by atoms with Crippen molar-refractivity contribution in [3.8, 4) is 11.5 Å². The van der Waals surface area contributed by atoms with Crippen LogP contribution in [0.4, 0.5) is 5.69 Å². The maximum Gasteiger partial charge on any atom is 0.124 e. The van der Waals surface area contributed by atoms with Gasteiger partial charge in [-0.25, -0.2) is 0 Å². The Morgan fingerprint density at radius 2 is 1.87 bits per heavy atom. The summed E-state index contributed by atoms with van der Waals surface area (Å²) >= 11 is 0. The molecule has 120 valence electrons. The molecule has 3 heteroatoms. The number of anilines is 1. The van der Waals surface area contributed by atoms with Crippen LogP contribution in [-0.4, -0.2) is 18.8 Å². The van der Waals surface area contributed by atoms with Gasteiger partial charge in [-0.05, 0) is 60.7 Å². The van der Waals surface area contributed by atoms with Crippen molar-refractivity contribution >= 4 is 5.69 Å². The summed E-state index contributed by atoms with van der Waals surface area (Å²) in [5.41, 5.74) is 6.62. The van der Waals surface area contributed by atoms with E-state index in [1.165, 1.54) is 11.1 Å². The average Bonchev–Trinajstić information content (AvgIpc) is 2.51. The highest BCUT2D eigenvalue weighted by Gasteiger charge is 2.34. The Morgan fingerprint density at radius 3 is 2.48 bits per heavy atom. The van der Waals surface area contributed by atoms with Crippen molar-refractivity contribution in [2.24, 2.45) is 0 Å². The molecule has 1 aliphatic rings. The first-order chi connectivity index (χ1) is 10.9. The van der Waals surface area contributed by atoms with Gasteiger partial charge in [-0.3, -0.25) is 0 Å². The molecule has 1 saturated heterocycles. The van der Waals surface area contributed by atoms with Crippen LogP contribution in [0, 0.1) is 20.8 Å². The van der Waals surface area contributed by atoms with E-state index in [2.05, 4.69) is 43.5 Å². The monoisotopic (exact) mass is 309 g/mol. The minimum Gasteiger partial charge on any atom is -0.508 e. The van der Waals surface area contributed by atoms with Gasteiger partial charge in [0.1, 0.15) is 11.5 Å². The zero-order valence-corrected chi connectivity index (χ0v) is 14.2. The second-order valence-electron chi connectivity index (χ2n) is 6.32. The second kappa shape index (κ2) is 5.65. The van der Waals surface area contributed by atoms with Crippen molar-refractivity contribution < 1.29 is 9.84 Å². The van der Waals surface area contributed by atoms with Crippen LogP contribution < -0.4 is 9.64 Å². The predicted molar refractivity (Wildman–Crippen MR) is 94.5 cm³/mol. The fourth-order valence-electron chi connectivity index (χ4n) is 3.14. The minimum absolute atomic E-state index is 0.105. The third kappa shape index (κ3) is 2.56. The third-order valence-electron chi connectivity index (χ3n) is 4.78. The molecule has 0 radical (unpaired) electrons. The van der Waals surface area contributed by atoms with Crippen molar-refractivity contribution in [3.05, 3.63) is 64.7 Å². The summed E-state index contributed by atoms with van der Waals surface area (Å²) in [7, 11) is 1.70. The number of ether oxygens (including phenoxy) is 1. The number of phenolic OH excluding ortho intramolecular Hbond substituents is 1. The molecule has 0 amide bonds. The van der Waals surface area contributed by atoms with Gasteiger partial charge in [-0.2, -0.15) is 0 Å². The first-order valence-electron chi connectivity index (χ1n) is 7.81. The van der Waals surface area contributed by atoms with E-state index in [1.54, 1.807) is 7.11 Å². The summed E-state index contributed by atoms with van der Waals surface area (Å²) in [5.74, 6) is 1.24. The molecule has 2 aromatic rings. The summed E-state index contributed by atoms with van der Waals surface area (Å²) in [6, 6.07) is 10.2. The quantitative estimate of drug-likeness (QED) is 0.851. The summed E-state index contributed by atoms with van der Waals surface area (Å²) in [6.07, 6.45) is 0. The van der Waals surface area contributed by atoms with Crippen molar-refractivity contribution in [2.75, 3.05) is 18.6 Å². The molecule has 0 spiro atoms. The van der Waals surface area contributed by atoms with Crippen LogP contribution in [0.5, 0.6) is 11.5 Å². The van der Waals surface area contributed by atoms with E-state index < -0.39 is 0 Å². The summed E-state index contributed by atoms with van der Waals surface area (Å²) in [4.78, 5) is 2.29. The number of benzene rings is 2. The number of rotatable bonds is 3. The number of methoxy groups -OCH3 is 1. The van der Waals surface area contributed by atoms with Crippen molar-refractivity contribution in [3.63, 3.8) is 0 Å². The lowest BCUT2D eigenvalue weighted by Gasteiger charge is -2.45. The standard InChI is InChI=1S/C20H23NO2/c1-12-6-7-16(9-18(12)22)20-14(3)11-21(20)17-8-13(2)15(4)19(10-17)23-5/h6-10,20,22H,3,11H2,1-2,4-5H3/t20-/m1/s1. The highest BCUT2D eigenvalue weighted by Crippen LogP contribution is 2.43. The maximum absolute atomic E-state index is 10.0. The van der Waals surface area contributed by atoms with Crippen LogP contribution in [0.25, 0.3) is 0 Å². The van der Waals surface area contributed by atoms with Gasteiger partial charge in [0.05, 0.1) is 13.2 Å². The molecular weight excluding hydrogens is 286 g/mol. The minimum atomic E-state index is 0.105. The smallest absolute Gasteiger partial charge is 0.124 e. The molecule has 0 aromatic heterocycles. The van der Waals surface area contributed by atoms with Gasteiger partial charge in [0.2, 0.25) is 0 Å². The fourth-order valence-corrected chi connectivity index (χ4v) is 3.14. The molecule has 0 unspecified atom stereocenters. The van der Waals surface area contributed by atoms with E-state index in [4.69, 9.17) is 4.74 Å². The normalized spacial score (nSPS) is 17.1. The highest BCUT2D eigenvalue weighted by atomic mass is 16.5. The zero-order valence-electron chi connectivity index (χ0n) is 14.2. The molecule has 23 heavy (non-hydrogen) atoms. The van der Waals surface area contributed by atoms with E-state index in [1.807, 2.05) is 19.1 Å². The molecule has 2 aromatic carbocycles. The lowest BCUT2D eigenvalue weighted by Crippen LogP contribution is -2.43. The third-order valence-corrected chi connectivity index (χ3v) is 4.78. The largest absolute Gasteiger partial charge is 0.508 e. The number of phenols is 1. The number of hydrogen-bond acceptors (Lipinski definition) is 3. The van der Waals surface area contributed by atoms with Gasteiger partial charge < -0.3 is 14.7 Å². The molecule has 1 heterocycles. The molecule has 1 atom stereocenters. The Labute approximate surface area is 137 Å². The SMILES string of the molecule is C=C1CN(c2cc(C)c(C)c(OC)c2)[C@H]1c1ccc(C)c(O)c1. The van der Waals surface area contributed by atoms with Gasteiger partial charge in [-0.15, -0.1) is 0 Å². The molecule has 1 N–H and O–H groups in total. The van der Waals surface area contributed by atoms with Crippen LogP contribution in [0.2, 0.25) is 0 Å². The first-order valence-corrected chi connectivity index (χ1v) is 7.81. The summed E-state index contributed by atoms with van der Waals surface area (Å²) in [5, 5.41) is 10.0. The first kappa shape index (κ1) is 15.5. The van der Waals surface area contributed by atoms with E-state index in [9.17, 15) is 5.11 Å². The van der Waals surface area contributed by atoms with Crippen LogP contribution >= 0.6 is 0 Å². The van der Waals surface area contributed by atoms with Crippen LogP contribution in [0.1, 0.15) is 28.3 Å². The van der Waals surface area contributed by atoms with Gasteiger partial charge in [-0.1, -0.05) is 18.7 Å². The number of aryl methyl sites for hydroxylation is 2. The van der Waals surface area contributed by atoms with Crippen molar-refractivity contribution in [1.82, 2.24) is 0 Å². The number of hydrogen-bond donors (Lipinski definition) is 1. The lowest BCUT2D eigenvalue weighted by atomic mass is 9.88. The molecule has 0 bridgehead atoms. The summed E-state index contributed by atoms with van der Waals surface area (Å²) in [6.45, 7) is 11.1. The molecule has 1 fully saturated rings. The van der Waals surface area contributed by atoms with E-state index in [-0.39, 0.29) is 6.04 Å². The van der Waals surface area contributed by atoms with Gasteiger partial charge >= 0.3 is 0 Å². The van der Waals surface area contributed by atoms with Gasteiger partial charge in [0.25, 0.3) is 0 Å². The highest BCUT2D eigenvalue weighted by molar-refractivity contribution is 5.64. The van der Waals surface area contributed by atoms with E-state index in [0.717, 1.165) is 34.7 Å². The van der Waals surface area contributed by atoms with Gasteiger partial charge in [0.15, 0.2) is 0 Å². The summed E-state index contributed by atoms with van der Waals surface area (Å²) < 4.78 is 5.50. The second-order valence-corrected chi connectivity index (χ2v) is 6.32.